The summed E-state index contributed by atoms with van der Waals surface area (Å²) in [6.45, 7) is 8.68. The summed E-state index contributed by atoms with van der Waals surface area (Å²) in [6, 6.07) is 0. The van der Waals surface area contributed by atoms with E-state index in [1.54, 1.807) is 13.8 Å². The maximum absolute atomic E-state index is 12.3. The molecule has 32 heavy (non-hydrogen) atoms. The lowest BCUT2D eigenvalue weighted by atomic mass is 9.45. The number of rotatable bonds is 3. The van der Waals surface area contributed by atoms with Gasteiger partial charge < -0.3 is 14.6 Å². The van der Waals surface area contributed by atoms with Crippen molar-refractivity contribution in [1.29, 1.82) is 0 Å². The van der Waals surface area contributed by atoms with Gasteiger partial charge >= 0.3 is 12.2 Å². The van der Waals surface area contributed by atoms with Crippen LogP contribution in [0.1, 0.15) is 72.6 Å². The third kappa shape index (κ3) is 3.87. The summed E-state index contributed by atoms with van der Waals surface area (Å²) < 4.78 is 10.2. The Labute approximate surface area is 191 Å². The lowest BCUT2D eigenvalue weighted by Crippen LogP contribution is -2.54. The molecule has 2 N–H and O–H groups in total. The highest BCUT2D eigenvalue weighted by atomic mass is 16.6. The average molecular weight is 447 g/mol. The Morgan fingerprint density at radius 2 is 1.88 bits per heavy atom. The highest BCUT2D eigenvalue weighted by Crippen LogP contribution is 2.65. The second kappa shape index (κ2) is 8.81. The molecule has 7 nitrogen and oxygen atoms in total. The number of hydrogen-bond donors (Lipinski definition) is 2. The number of nitrogens with one attached hydrogen (secondary N) is 1. The first-order chi connectivity index (χ1) is 15.2. The molecule has 3 fully saturated rings. The molecule has 0 aromatic carbocycles. The molecule has 178 valence electrons. The van der Waals surface area contributed by atoms with E-state index in [9.17, 15) is 14.7 Å². The molecule has 0 saturated heterocycles. The Morgan fingerprint density at radius 1 is 1.12 bits per heavy atom. The molecule has 0 spiro atoms. The smallest absolute Gasteiger partial charge is 0.433 e. The number of carbonyl (C=O) groups excluding carboxylic acids is 2. The second-order valence-electron chi connectivity index (χ2n) is 10.5. The van der Waals surface area contributed by atoms with Crippen molar-refractivity contribution in [2.24, 2.45) is 39.5 Å². The monoisotopic (exact) mass is 446 g/mol. The lowest BCUT2D eigenvalue weighted by molar-refractivity contribution is -0.107. The minimum atomic E-state index is -0.611. The highest BCUT2D eigenvalue weighted by Gasteiger charge is 2.59. The molecule has 7 heteroatoms. The quantitative estimate of drug-likeness (QED) is 0.647. The molecular weight excluding hydrogens is 408 g/mol. The van der Waals surface area contributed by atoms with Gasteiger partial charge in [0, 0.05) is 5.41 Å². The van der Waals surface area contributed by atoms with Crippen molar-refractivity contribution in [3.8, 4) is 0 Å². The number of aliphatic hydroxyl groups is 1. The van der Waals surface area contributed by atoms with Crippen LogP contribution in [0.3, 0.4) is 0 Å². The molecule has 4 aliphatic carbocycles. The fourth-order valence-corrected chi connectivity index (χ4v) is 7.45. The van der Waals surface area contributed by atoms with Crippen molar-refractivity contribution in [2.45, 2.75) is 78.7 Å². The van der Waals surface area contributed by atoms with Crippen LogP contribution in [0.4, 0.5) is 9.59 Å². The molecule has 0 bridgehead atoms. The normalized spacial score (nSPS) is 41.7. The van der Waals surface area contributed by atoms with Crippen molar-refractivity contribution in [2.75, 3.05) is 13.2 Å². The molecule has 7 atom stereocenters. The summed E-state index contributed by atoms with van der Waals surface area (Å²) in [4.78, 5) is 28.9. The molecule has 2 amide bonds. The number of aliphatic hydroxyl groups excluding tert-OH is 1. The standard InChI is InChI=1S/C25H38N2O5/c1-5-31-22(29)26-20-14-19-17-8-7-15-13-16(28)9-11-24(15,3)18(17)10-12-25(19,4)21(20)27-23(30)32-6-2/h14-19,28H,5-13H2,1-4H3,(H,26,29)/t15?,16?,17-,18-,19+,24+,25+/m1/s1. The topological polar surface area (TPSA) is 97.2 Å². The zero-order valence-electron chi connectivity index (χ0n) is 19.9. The van der Waals surface area contributed by atoms with E-state index in [1.165, 1.54) is 0 Å². The van der Waals surface area contributed by atoms with E-state index in [-0.39, 0.29) is 36.1 Å². The van der Waals surface area contributed by atoms with Crippen molar-refractivity contribution in [3.05, 3.63) is 11.8 Å². The number of alkyl carbamates (subject to hydrolysis) is 1. The van der Waals surface area contributed by atoms with Gasteiger partial charge in [0.25, 0.3) is 0 Å². The van der Waals surface area contributed by atoms with Gasteiger partial charge in [-0.3, -0.25) is 5.32 Å². The molecule has 0 aromatic rings. The number of ether oxygens (including phenoxy) is 2. The first kappa shape index (κ1) is 23.3. The molecule has 0 aliphatic heterocycles. The van der Waals surface area contributed by atoms with E-state index < -0.39 is 12.2 Å². The van der Waals surface area contributed by atoms with Crippen LogP contribution in [0.2, 0.25) is 0 Å². The number of nitrogens with zero attached hydrogens (tertiary/aromatic N) is 1. The van der Waals surface area contributed by atoms with Crippen molar-refractivity contribution >= 4 is 17.9 Å². The minimum absolute atomic E-state index is 0.159. The number of fused-ring (bicyclic) bond motifs is 5. The van der Waals surface area contributed by atoms with Crippen LogP contribution >= 0.6 is 0 Å². The van der Waals surface area contributed by atoms with Gasteiger partial charge in [0.05, 0.1) is 30.7 Å². The summed E-state index contributed by atoms with van der Waals surface area (Å²) in [6.07, 6.45) is 7.93. The van der Waals surface area contributed by atoms with Gasteiger partial charge in [0.15, 0.2) is 0 Å². The number of hydrogen-bond acceptors (Lipinski definition) is 5. The Bertz CT molecular complexity index is 823. The Balaban J connectivity index is 1.67. The molecule has 4 rings (SSSR count). The Kier molecular flexibility index (Phi) is 6.40. The molecule has 0 radical (unpaired) electrons. The van der Waals surface area contributed by atoms with E-state index in [2.05, 4.69) is 30.2 Å². The predicted molar refractivity (Wildman–Crippen MR) is 121 cm³/mol. The third-order valence-electron chi connectivity index (χ3n) is 9.01. The number of carbonyl (C=O) groups is 2. The van der Waals surface area contributed by atoms with Gasteiger partial charge in [0.1, 0.15) is 0 Å². The van der Waals surface area contributed by atoms with Gasteiger partial charge in [0.2, 0.25) is 0 Å². The maximum atomic E-state index is 12.3. The third-order valence-corrected chi connectivity index (χ3v) is 9.01. The number of amides is 2. The van der Waals surface area contributed by atoms with Crippen molar-refractivity contribution in [3.63, 3.8) is 0 Å². The van der Waals surface area contributed by atoms with E-state index in [0.717, 1.165) is 44.9 Å². The maximum Gasteiger partial charge on any atom is 0.433 e. The summed E-state index contributed by atoms with van der Waals surface area (Å²) >= 11 is 0. The zero-order chi connectivity index (χ0) is 23.1. The number of aliphatic imine (C=N–C) groups is 1. The first-order valence-electron chi connectivity index (χ1n) is 12.3. The number of allylic oxidation sites excluding steroid dienone is 2. The fraction of sp³-hybridized carbons (Fsp3) is 0.800. The largest absolute Gasteiger partial charge is 0.450 e. The molecule has 4 aliphatic rings. The van der Waals surface area contributed by atoms with Crippen LogP contribution in [-0.4, -0.2) is 42.3 Å². The van der Waals surface area contributed by atoms with Gasteiger partial charge in [-0.15, -0.1) is 0 Å². The first-order valence-corrected chi connectivity index (χ1v) is 12.3. The molecule has 2 unspecified atom stereocenters. The van der Waals surface area contributed by atoms with Crippen LogP contribution in [0.5, 0.6) is 0 Å². The summed E-state index contributed by atoms with van der Waals surface area (Å²) in [7, 11) is 0. The Morgan fingerprint density at radius 3 is 2.59 bits per heavy atom. The van der Waals surface area contributed by atoms with E-state index in [4.69, 9.17) is 9.47 Å². The summed E-state index contributed by atoms with van der Waals surface area (Å²) in [5.74, 6) is 1.83. The van der Waals surface area contributed by atoms with E-state index in [0.29, 0.717) is 29.2 Å². The fourth-order valence-electron chi connectivity index (χ4n) is 7.45. The highest BCUT2D eigenvalue weighted by molar-refractivity contribution is 6.12. The zero-order valence-corrected chi connectivity index (χ0v) is 19.9. The molecular formula is C25H38N2O5. The van der Waals surface area contributed by atoms with Crippen LogP contribution in [-0.2, 0) is 9.47 Å². The van der Waals surface area contributed by atoms with Crippen LogP contribution < -0.4 is 5.32 Å². The predicted octanol–water partition coefficient (Wildman–Crippen LogP) is 4.84. The van der Waals surface area contributed by atoms with E-state index >= 15 is 0 Å². The molecule has 0 heterocycles. The second-order valence-corrected chi connectivity index (χ2v) is 10.5. The van der Waals surface area contributed by atoms with Gasteiger partial charge in [-0.05, 0) is 87.9 Å². The molecule has 3 saturated carbocycles. The minimum Gasteiger partial charge on any atom is -0.450 e. The average Bonchev–Trinajstić information content (AvgIpc) is 3.00. The SMILES string of the molecule is CCOC(=O)N=C1C(NC(=O)OCC)=C[C@H]2[C@@H]3CCC4CC(O)CC[C@]4(C)[C@@H]3CC[C@]12C. The lowest BCUT2D eigenvalue weighted by Gasteiger charge is -2.60. The van der Waals surface area contributed by atoms with E-state index in [1.807, 2.05) is 0 Å². The van der Waals surface area contributed by atoms with Crippen LogP contribution in [0, 0.1) is 34.5 Å². The van der Waals surface area contributed by atoms with Gasteiger partial charge in [-0.1, -0.05) is 19.9 Å². The summed E-state index contributed by atoms with van der Waals surface area (Å²) in [5.41, 5.74) is 1.14. The van der Waals surface area contributed by atoms with Crippen molar-refractivity contribution < 1.29 is 24.2 Å². The van der Waals surface area contributed by atoms with Gasteiger partial charge in [-0.25, -0.2) is 9.59 Å². The Hall–Kier alpha value is -1.89. The van der Waals surface area contributed by atoms with Crippen LogP contribution in [0.15, 0.2) is 16.8 Å². The van der Waals surface area contributed by atoms with Crippen LogP contribution in [0.25, 0.3) is 0 Å². The summed E-state index contributed by atoms with van der Waals surface area (Å²) in [5, 5.41) is 13.1. The molecule has 0 aromatic heterocycles. The van der Waals surface area contributed by atoms with Gasteiger partial charge in [-0.2, -0.15) is 4.99 Å². The van der Waals surface area contributed by atoms with Crippen molar-refractivity contribution in [1.82, 2.24) is 5.32 Å².